The first-order chi connectivity index (χ1) is 8.49. The molecule has 18 heavy (non-hydrogen) atoms. The zero-order valence-electron chi connectivity index (χ0n) is 10.7. The number of carboxylic acids is 1. The van der Waals surface area contributed by atoms with Gasteiger partial charge in [-0.15, -0.1) is 0 Å². The molecule has 2 saturated carbocycles. The van der Waals surface area contributed by atoms with Gasteiger partial charge in [0.1, 0.15) is 0 Å². The van der Waals surface area contributed by atoms with Crippen molar-refractivity contribution in [2.24, 2.45) is 17.3 Å². The predicted molar refractivity (Wildman–Crippen MR) is 65.1 cm³/mol. The minimum atomic E-state index is -0.805. The second-order valence-electron chi connectivity index (χ2n) is 6.33. The van der Waals surface area contributed by atoms with E-state index in [9.17, 15) is 9.59 Å². The summed E-state index contributed by atoms with van der Waals surface area (Å²) in [5, 5.41) is 12.2. The van der Waals surface area contributed by atoms with E-state index < -0.39 is 11.4 Å². The Balaban J connectivity index is 1.50. The number of hydrogen-bond donors (Lipinski definition) is 2. The molecule has 0 aromatic carbocycles. The van der Waals surface area contributed by atoms with Gasteiger partial charge in [0, 0.05) is 19.1 Å². The van der Waals surface area contributed by atoms with Crippen LogP contribution in [0.3, 0.4) is 0 Å². The number of hydrogen-bond acceptors (Lipinski definition) is 2. The van der Waals surface area contributed by atoms with Crippen molar-refractivity contribution in [1.29, 1.82) is 0 Å². The van der Waals surface area contributed by atoms with Gasteiger partial charge in [-0.3, -0.25) is 4.79 Å². The molecule has 5 nitrogen and oxygen atoms in total. The van der Waals surface area contributed by atoms with E-state index in [0.29, 0.717) is 31.5 Å². The van der Waals surface area contributed by atoms with Crippen molar-refractivity contribution in [3.63, 3.8) is 0 Å². The van der Waals surface area contributed by atoms with Crippen LogP contribution >= 0.6 is 0 Å². The maximum absolute atomic E-state index is 12.0. The molecule has 1 heterocycles. The first-order valence-electron chi connectivity index (χ1n) is 6.78. The number of nitrogens with zero attached hydrogens (tertiary/aromatic N) is 1. The van der Waals surface area contributed by atoms with Gasteiger partial charge in [0.05, 0.1) is 5.41 Å². The Hall–Kier alpha value is -1.26. The summed E-state index contributed by atoms with van der Waals surface area (Å²) in [7, 11) is 0. The summed E-state index contributed by atoms with van der Waals surface area (Å²) in [4.78, 5) is 24.8. The number of nitrogens with one attached hydrogen (secondary N) is 1. The average molecular weight is 252 g/mol. The van der Waals surface area contributed by atoms with Crippen molar-refractivity contribution in [3.05, 3.63) is 0 Å². The van der Waals surface area contributed by atoms with Gasteiger partial charge in [-0.2, -0.15) is 0 Å². The molecule has 3 fully saturated rings. The molecule has 0 radical (unpaired) electrons. The molecule has 3 rings (SSSR count). The lowest BCUT2D eigenvalue weighted by molar-refractivity contribution is -0.146. The summed E-state index contributed by atoms with van der Waals surface area (Å²) in [6, 6.07) is 0.273. The van der Waals surface area contributed by atoms with Gasteiger partial charge < -0.3 is 15.3 Å². The lowest BCUT2D eigenvalue weighted by atomic mass is 9.90. The molecule has 1 aliphatic heterocycles. The fourth-order valence-corrected chi connectivity index (χ4v) is 2.98. The van der Waals surface area contributed by atoms with Crippen LogP contribution in [0.1, 0.15) is 32.6 Å². The van der Waals surface area contributed by atoms with Crippen molar-refractivity contribution < 1.29 is 14.7 Å². The lowest BCUT2D eigenvalue weighted by Crippen LogP contribution is -2.42. The highest BCUT2D eigenvalue weighted by Gasteiger charge is 2.49. The number of likely N-dealkylation sites (tertiary alicyclic amines) is 1. The number of urea groups is 1. The molecule has 100 valence electrons. The summed E-state index contributed by atoms with van der Waals surface area (Å²) in [5.41, 5.74) is -0.767. The van der Waals surface area contributed by atoms with Crippen LogP contribution in [-0.2, 0) is 4.79 Å². The Kier molecular flexibility index (Phi) is 2.54. The fourth-order valence-electron chi connectivity index (χ4n) is 2.98. The third-order valence-corrected chi connectivity index (χ3v) is 4.65. The summed E-state index contributed by atoms with van der Waals surface area (Å²) in [6.45, 7) is 2.59. The van der Waals surface area contributed by atoms with Crippen molar-refractivity contribution >= 4 is 12.0 Å². The molecule has 3 atom stereocenters. The molecule has 0 bridgehead atoms. The van der Waals surface area contributed by atoms with Crippen LogP contribution in [0, 0.1) is 17.3 Å². The minimum absolute atomic E-state index is 0.0758. The summed E-state index contributed by atoms with van der Waals surface area (Å²) in [5.74, 6) is 0.737. The molecular formula is C13H20N2O3. The van der Waals surface area contributed by atoms with E-state index in [1.165, 1.54) is 12.8 Å². The summed E-state index contributed by atoms with van der Waals surface area (Å²) in [6.07, 6.45) is 4.29. The molecule has 5 heteroatoms. The molecule has 0 aromatic rings. The molecular weight excluding hydrogens is 232 g/mol. The Morgan fingerprint density at radius 3 is 2.67 bits per heavy atom. The Labute approximate surface area is 107 Å². The molecule has 2 N–H and O–H groups in total. The third kappa shape index (κ3) is 2.06. The Morgan fingerprint density at radius 2 is 2.11 bits per heavy atom. The standard InChI is InChI=1S/C13H20N2O3/c1-13(11(16)17)4-5-15(7-13)12(18)14-10-6-9(10)8-2-3-8/h8-10H,2-7H2,1H3,(H,14,18)(H,16,17)/t9-,10+,13?/m0/s1. The zero-order chi connectivity index (χ0) is 12.9. The fraction of sp³-hybridized carbons (Fsp3) is 0.846. The molecule has 2 amide bonds. The second kappa shape index (κ2) is 3.87. The molecule has 0 aromatic heterocycles. The maximum atomic E-state index is 12.0. The largest absolute Gasteiger partial charge is 0.481 e. The molecule has 3 aliphatic rings. The van der Waals surface area contributed by atoms with Gasteiger partial charge in [-0.1, -0.05) is 0 Å². The van der Waals surface area contributed by atoms with E-state index in [4.69, 9.17) is 5.11 Å². The van der Waals surface area contributed by atoms with Crippen molar-refractivity contribution in [2.45, 2.75) is 38.6 Å². The van der Waals surface area contributed by atoms with Gasteiger partial charge in [0.25, 0.3) is 0 Å². The van der Waals surface area contributed by atoms with Crippen molar-refractivity contribution in [2.75, 3.05) is 13.1 Å². The van der Waals surface area contributed by atoms with E-state index in [1.54, 1.807) is 11.8 Å². The van der Waals surface area contributed by atoms with E-state index in [-0.39, 0.29) is 6.03 Å². The normalized spacial score (nSPS) is 38.6. The number of carbonyl (C=O) groups excluding carboxylic acids is 1. The summed E-state index contributed by atoms with van der Waals surface area (Å²) >= 11 is 0. The Morgan fingerprint density at radius 1 is 1.39 bits per heavy atom. The van der Waals surface area contributed by atoms with E-state index in [0.717, 1.165) is 12.3 Å². The highest BCUT2D eigenvalue weighted by atomic mass is 16.4. The van der Waals surface area contributed by atoms with Gasteiger partial charge >= 0.3 is 12.0 Å². The minimum Gasteiger partial charge on any atom is -0.481 e. The SMILES string of the molecule is CC1(C(=O)O)CCN(C(=O)N[C@@H]2C[C@H]2C2CC2)C1. The number of carbonyl (C=O) groups is 2. The maximum Gasteiger partial charge on any atom is 0.317 e. The highest BCUT2D eigenvalue weighted by Crippen LogP contribution is 2.50. The van der Waals surface area contributed by atoms with E-state index in [1.807, 2.05) is 0 Å². The van der Waals surface area contributed by atoms with Crippen LogP contribution in [0.15, 0.2) is 0 Å². The number of carboxylic acid groups (broad SMARTS) is 1. The third-order valence-electron chi connectivity index (χ3n) is 4.65. The van der Waals surface area contributed by atoms with Crippen LogP contribution in [-0.4, -0.2) is 41.1 Å². The lowest BCUT2D eigenvalue weighted by Gasteiger charge is -2.20. The van der Waals surface area contributed by atoms with Gasteiger partial charge in [-0.25, -0.2) is 4.79 Å². The first-order valence-corrected chi connectivity index (χ1v) is 6.78. The molecule has 1 unspecified atom stereocenters. The Bertz CT molecular complexity index is 394. The van der Waals surface area contributed by atoms with Gasteiger partial charge in [-0.05, 0) is 44.4 Å². The van der Waals surface area contributed by atoms with Gasteiger partial charge in [0.15, 0.2) is 0 Å². The smallest absolute Gasteiger partial charge is 0.317 e. The number of amides is 2. The van der Waals surface area contributed by atoms with Crippen molar-refractivity contribution in [3.8, 4) is 0 Å². The van der Waals surface area contributed by atoms with E-state index in [2.05, 4.69) is 5.32 Å². The quantitative estimate of drug-likeness (QED) is 0.795. The monoisotopic (exact) mass is 252 g/mol. The number of rotatable bonds is 3. The molecule has 2 aliphatic carbocycles. The van der Waals surface area contributed by atoms with E-state index >= 15 is 0 Å². The zero-order valence-corrected chi connectivity index (χ0v) is 10.7. The van der Waals surface area contributed by atoms with Crippen molar-refractivity contribution in [1.82, 2.24) is 10.2 Å². The van der Waals surface area contributed by atoms with Crippen LogP contribution in [0.5, 0.6) is 0 Å². The average Bonchev–Trinajstić information content (AvgIpc) is 3.18. The summed E-state index contributed by atoms with van der Waals surface area (Å²) < 4.78 is 0. The van der Waals surface area contributed by atoms with Crippen LogP contribution in [0.2, 0.25) is 0 Å². The number of aliphatic carboxylic acids is 1. The van der Waals surface area contributed by atoms with Crippen LogP contribution in [0.4, 0.5) is 4.79 Å². The first kappa shape index (κ1) is 11.8. The molecule has 0 spiro atoms. The van der Waals surface area contributed by atoms with Gasteiger partial charge in [0.2, 0.25) is 0 Å². The predicted octanol–water partition coefficient (Wildman–Crippen LogP) is 1.29. The van der Waals surface area contributed by atoms with Crippen LogP contribution < -0.4 is 5.32 Å². The highest BCUT2D eigenvalue weighted by molar-refractivity contribution is 5.79. The van der Waals surface area contributed by atoms with Crippen LogP contribution in [0.25, 0.3) is 0 Å². The molecule has 1 saturated heterocycles. The second-order valence-corrected chi connectivity index (χ2v) is 6.33. The topological polar surface area (TPSA) is 69.6 Å².